The van der Waals surface area contributed by atoms with Crippen molar-refractivity contribution in [3.05, 3.63) is 33.8 Å². The zero-order valence-corrected chi connectivity index (χ0v) is 11.1. The molecule has 2 unspecified atom stereocenters. The molecule has 0 aliphatic heterocycles. The van der Waals surface area contributed by atoms with Crippen molar-refractivity contribution in [2.45, 2.75) is 26.7 Å². The van der Waals surface area contributed by atoms with E-state index in [1.807, 2.05) is 0 Å². The van der Waals surface area contributed by atoms with Gasteiger partial charge in [0.25, 0.3) is 0 Å². The lowest BCUT2D eigenvalue weighted by Gasteiger charge is -2.05. The Morgan fingerprint density at radius 2 is 2.00 bits per heavy atom. The molecule has 2 rings (SSSR count). The zero-order valence-electron chi connectivity index (χ0n) is 9.55. The first-order valence-corrected chi connectivity index (χ1v) is 6.23. The van der Waals surface area contributed by atoms with Gasteiger partial charge in [0.15, 0.2) is 0 Å². The van der Waals surface area contributed by atoms with Crippen LogP contribution in [0.25, 0.3) is 0 Å². The number of nitrogens with two attached hydrogens (primary N) is 1. The van der Waals surface area contributed by atoms with Gasteiger partial charge in [0.05, 0.1) is 0 Å². The second-order valence-corrected chi connectivity index (χ2v) is 6.12. The molecule has 1 aromatic carbocycles. The van der Waals surface area contributed by atoms with Crippen LogP contribution in [0.1, 0.15) is 30.9 Å². The lowest BCUT2D eigenvalue weighted by Crippen LogP contribution is -2.05. The highest BCUT2D eigenvalue weighted by atomic mass is 79.9. The van der Waals surface area contributed by atoms with Crippen LogP contribution >= 0.6 is 15.9 Å². The average Bonchev–Trinajstić information content (AvgIpc) is 2.66. The van der Waals surface area contributed by atoms with Crippen LogP contribution in [-0.2, 0) is 0 Å². The van der Waals surface area contributed by atoms with Gasteiger partial charge in [0.2, 0.25) is 0 Å². The Kier molecular flexibility index (Phi) is 2.68. The van der Waals surface area contributed by atoms with Gasteiger partial charge in [-0.3, -0.25) is 0 Å². The number of hydrogen-bond acceptors (Lipinski definition) is 1. The fraction of sp³-hybridized carbons (Fsp3) is 0.538. The van der Waals surface area contributed by atoms with Crippen molar-refractivity contribution in [3.63, 3.8) is 0 Å². The van der Waals surface area contributed by atoms with Crippen LogP contribution in [0.5, 0.6) is 0 Å². The Morgan fingerprint density at radius 3 is 2.47 bits per heavy atom. The van der Waals surface area contributed by atoms with Gasteiger partial charge in [-0.1, -0.05) is 35.8 Å². The third-order valence-corrected chi connectivity index (χ3v) is 4.19. The second kappa shape index (κ2) is 3.60. The Labute approximate surface area is 100 Å². The summed E-state index contributed by atoms with van der Waals surface area (Å²) in [7, 11) is 0. The van der Waals surface area contributed by atoms with Gasteiger partial charge < -0.3 is 5.73 Å². The molecule has 0 heterocycles. The molecular formula is C13H18BrN. The van der Waals surface area contributed by atoms with Crippen molar-refractivity contribution in [3.8, 4) is 0 Å². The Morgan fingerprint density at radius 1 is 1.33 bits per heavy atom. The van der Waals surface area contributed by atoms with Gasteiger partial charge in [0, 0.05) is 4.47 Å². The standard InChI is InChI=1S/C13H18BrN/c1-8-4-9(6-10(14)5-8)12-11(7-15)13(12,2)3/h4-6,11-12H,7,15H2,1-3H3. The molecule has 1 aromatic rings. The molecule has 1 fully saturated rings. The van der Waals surface area contributed by atoms with Gasteiger partial charge in [-0.15, -0.1) is 0 Å². The van der Waals surface area contributed by atoms with E-state index in [0.717, 1.165) is 6.54 Å². The summed E-state index contributed by atoms with van der Waals surface area (Å²) < 4.78 is 1.18. The highest BCUT2D eigenvalue weighted by Crippen LogP contribution is 2.63. The van der Waals surface area contributed by atoms with E-state index in [2.05, 4.69) is 54.9 Å². The maximum absolute atomic E-state index is 5.80. The van der Waals surface area contributed by atoms with Gasteiger partial charge in [0.1, 0.15) is 0 Å². The van der Waals surface area contributed by atoms with Crippen LogP contribution in [0, 0.1) is 18.3 Å². The molecule has 2 atom stereocenters. The molecule has 0 amide bonds. The number of aryl methyl sites for hydroxylation is 1. The third kappa shape index (κ3) is 1.85. The summed E-state index contributed by atoms with van der Waals surface area (Å²) in [6.45, 7) is 7.56. The molecule has 1 saturated carbocycles. The maximum Gasteiger partial charge on any atom is 0.0180 e. The molecule has 15 heavy (non-hydrogen) atoms. The average molecular weight is 268 g/mol. The van der Waals surface area contributed by atoms with E-state index in [9.17, 15) is 0 Å². The summed E-state index contributed by atoms with van der Waals surface area (Å²) >= 11 is 3.56. The van der Waals surface area contributed by atoms with Gasteiger partial charge in [-0.25, -0.2) is 0 Å². The maximum atomic E-state index is 5.80. The van der Waals surface area contributed by atoms with E-state index in [1.165, 1.54) is 15.6 Å². The van der Waals surface area contributed by atoms with Gasteiger partial charge in [-0.2, -0.15) is 0 Å². The van der Waals surface area contributed by atoms with E-state index < -0.39 is 0 Å². The summed E-state index contributed by atoms with van der Waals surface area (Å²) in [5.41, 5.74) is 8.93. The van der Waals surface area contributed by atoms with Crippen LogP contribution < -0.4 is 5.73 Å². The van der Waals surface area contributed by atoms with Crippen molar-refractivity contribution in [2.24, 2.45) is 17.1 Å². The van der Waals surface area contributed by atoms with Crippen molar-refractivity contribution in [2.75, 3.05) is 6.54 Å². The molecule has 2 heteroatoms. The van der Waals surface area contributed by atoms with Gasteiger partial charge >= 0.3 is 0 Å². The van der Waals surface area contributed by atoms with Crippen LogP contribution in [0.2, 0.25) is 0 Å². The molecule has 1 aliphatic carbocycles. The Hall–Kier alpha value is -0.340. The molecule has 0 aromatic heterocycles. The molecule has 1 aliphatic rings. The lowest BCUT2D eigenvalue weighted by atomic mass is 10.0. The summed E-state index contributed by atoms with van der Waals surface area (Å²) in [6.07, 6.45) is 0. The molecule has 0 spiro atoms. The topological polar surface area (TPSA) is 26.0 Å². The molecule has 0 radical (unpaired) electrons. The number of halogens is 1. The molecular weight excluding hydrogens is 250 g/mol. The predicted molar refractivity (Wildman–Crippen MR) is 67.9 cm³/mol. The molecule has 1 nitrogen and oxygen atoms in total. The van der Waals surface area contributed by atoms with Crippen molar-refractivity contribution >= 4 is 15.9 Å². The van der Waals surface area contributed by atoms with Crippen LogP contribution in [0.15, 0.2) is 22.7 Å². The zero-order chi connectivity index (χ0) is 11.2. The highest BCUT2D eigenvalue weighted by molar-refractivity contribution is 9.10. The smallest absolute Gasteiger partial charge is 0.0180 e. The number of benzene rings is 1. The van der Waals surface area contributed by atoms with E-state index >= 15 is 0 Å². The monoisotopic (exact) mass is 267 g/mol. The van der Waals surface area contributed by atoms with Crippen molar-refractivity contribution in [1.82, 2.24) is 0 Å². The minimum atomic E-state index is 0.377. The van der Waals surface area contributed by atoms with Crippen LogP contribution in [-0.4, -0.2) is 6.54 Å². The molecule has 0 saturated heterocycles. The minimum absolute atomic E-state index is 0.377. The van der Waals surface area contributed by atoms with Crippen LogP contribution in [0.4, 0.5) is 0 Å². The fourth-order valence-corrected chi connectivity index (χ4v) is 3.42. The van der Waals surface area contributed by atoms with Crippen LogP contribution in [0.3, 0.4) is 0 Å². The summed E-state index contributed by atoms with van der Waals surface area (Å²) in [5, 5.41) is 0. The molecule has 82 valence electrons. The molecule has 0 bridgehead atoms. The normalized spacial score (nSPS) is 27.8. The first-order valence-electron chi connectivity index (χ1n) is 5.44. The second-order valence-electron chi connectivity index (χ2n) is 5.20. The number of hydrogen-bond donors (Lipinski definition) is 1. The quantitative estimate of drug-likeness (QED) is 0.873. The van der Waals surface area contributed by atoms with Crippen molar-refractivity contribution < 1.29 is 0 Å². The van der Waals surface area contributed by atoms with E-state index in [1.54, 1.807) is 0 Å². The number of rotatable bonds is 2. The Bertz CT molecular complexity index is 364. The van der Waals surface area contributed by atoms with Crippen molar-refractivity contribution in [1.29, 1.82) is 0 Å². The van der Waals surface area contributed by atoms with E-state index in [-0.39, 0.29) is 0 Å². The first-order chi connectivity index (χ1) is 6.96. The largest absolute Gasteiger partial charge is 0.330 e. The summed E-state index contributed by atoms with van der Waals surface area (Å²) in [6, 6.07) is 6.66. The van der Waals surface area contributed by atoms with Gasteiger partial charge in [-0.05, 0) is 54.0 Å². The fourth-order valence-electron chi connectivity index (χ4n) is 2.79. The minimum Gasteiger partial charge on any atom is -0.330 e. The molecule has 2 N–H and O–H groups in total. The van der Waals surface area contributed by atoms with E-state index in [0.29, 0.717) is 17.3 Å². The lowest BCUT2D eigenvalue weighted by molar-refractivity contribution is 0.558. The Balaban J connectivity index is 2.32. The van der Waals surface area contributed by atoms with E-state index in [4.69, 9.17) is 5.73 Å². The predicted octanol–water partition coefficient (Wildman–Crippen LogP) is 3.46. The summed E-state index contributed by atoms with van der Waals surface area (Å²) in [5.74, 6) is 1.28. The SMILES string of the molecule is Cc1cc(Br)cc(C2C(CN)C2(C)C)c1. The summed E-state index contributed by atoms with van der Waals surface area (Å²) in [4.78, 5) is 0. The first kappa shape index (κ1) is 11.2. The highest BCUT2D eigenvalue weighted by Gasteiger charge is 2.57. The third-order valence-electron chi connectivity index (χ3n) is 3.73.